The first kappa shape index (κ1) is 14.4. The number of amides is 2. The number of hydrogen-bond acceptors (Lipinski definition) is 3. The van der Waals surface area contributed by atoms with E-state index in [-0.39, 0.29) is 12.6 Å². The molecule has 2 rings (SSSR count). The lowest BCUT2D eigenvalue weighted by atomic mass is 9.69. The highest BCUT2D eigenvalue weighted by Crippen LogP contribution is 2.40. The van der Waals surface area contributed by atoms with Crippen molar-refractivity contribution in [2.24, 2.45) is 12.5 Å². The fourth-order valence-corrected chi connectivity index (χ4v) is 2.30. The molecule has 0 unspecified atom stereocenters. The lowest BCUT2D eigenvalue weighted by Crippen LogP contribution is -2.49. The summed E-state index contributed by atoms with van der Waals surface area (Å²) in [5.41, 5.74) is 0.300. The topological polar surface area (TPSA) is 96.2 Å². The van der Waals surface area contributed by atoms with Crippen LogP contribution in [0.15, 0.2) is 12.4 Å². The Morgan fingerprint density at radius 2 is 2.20 bits per heavy atom. The fraction of sp³-hybridized carbons (Fsp3) is 0.615. The molecule has 1 aliphatic carbocycles. The Balaban J connectivity index is 1.67. The van der Waals surface area contributed by atoms with Gasteiger partial charge in [-0.3, -0.25) is 9.48 Å². The lowest BCUT2D eigenvalue weighted by Gasteiger charge is -2.37. The van der Waals surface area contributed by atoms with E-state index in [0.717, 1.165) is 12.0 Å². The summed E-state index contributed by atoms with van der Waals surface area (Å²) < 4.78 is 1.71. The predicted octanol–water partition coefficient (Wildman–Crippen LogP) is 0.517. The number of urea groups is 1. The molecule has 0 spiro atoms. The molecule has 2 amide bonds. The minimum absolute atomic E-state index is 0.195. The van der Waals surface area contributed by atoms with Gasteiger partial charge in [0, 0.05) is 26.3 Å². The van der Waals surface area contributed by atoms with Crippen molar-refractivity contribution in [3.05, 3.63) is 18.0 Å². The van der Waals surface area contributed by atoms with Crippen molar-refractivity contribution in [3.63, 3.8) is 0 Å². The third kappa shape index (κ3) is 3.28. The first-order chi connectivity index (χ1) is 9.52. The summed E-state index contributed by atoms with van der Waals surface area (Å²) in [7, 11) is 1.84. The smallest absolute Gasteiger partial charge is 0.314 e. The Morgan fingerprint density at radius 1 is 1.45 bits per heavy atom. The van der Waals surface area contributed by atoms with Crippen LogP contribution < -0.4 is 10.6 Å². The zero-order chi connectivity index (χ0) is 14.6. The number of aromatic nitrogens is 2. The number of rotatable bonds is 6. The molecule has 1 aromatic heterocycles. The SMILES string of the molecule is Cn1cc(CCNC(=O)NCC2(C(=O)O)CCC2)cn1. The van der Waals surface area contributed by atoms with E-state index in [2.05, 4.69) is 15.7 Å². The van der Waals surface area contributed by atoms with Crippen molar-refractivity contribution < 1.29 is 14.7 Å². The van der Waals surface area contributed by atoms with Gasteiger partial charge in [0.15, 0.2) is 0 Å². The van der Waals surface area contributed by atoms with Gasteiger partial charge < -0.3 is 15.7 Å². The van der Waals surface area contributed by atoms with Crippen LogP contribution in [0.1, 0.15) is 24.8 Å². The zero-order valence-corrected chi connectivity index (χ0v) is 11.6. The number of carboxylic acid groups (broad SMARTS) is 1. The minimum atomic E-state index is -0.820. The molecule has 20 heavy (non-hydrogen) atoms. The molecule has 7 heteroatoms. The van der Waals surface area contributed by atoms with Crippen LogP contribution in [-0.4, -0.2) is 40.0 Å². The second kappa shape index (κ2) is 5.94. The Labute approximate surface area is 117 Å². The molecule has 1 heterocycles. The number of carboxylic acids is 1. The molecule has 1 fully saturated rings. The van der Waals surface area contributed by atoms with E-state index >= 15 is 0 Å². The normalized spacial score (nSPS) is 16.2. The largest absolute Gasteiger partial charge is 0.481 e. The maximum Gasteiger partial charge on any atom is 0.314 e. The Morgan fingerprint density at radius 3 is 2.70 bits per heavy atom. The molecule has 0 saturated heterocycles. The van der Waals surface area contributed by atoms with Crippen LogP contribution in [0, 0.1) is 5.41 Å². The van der Waals surface area contributed by atoms with E-state index < -0.39 is 11.4 Å². The fourth-order valence-electron chi connectivity index (χ4n) is 2.30. The van der Waals surface area contributed by atoms with E-state index in [0.29, 0.717) is 25.8 Å². The van der Waals surface area contributed by atoms with Gasteiger partial charge >= 0.3 is 12.0 Å². The summed E-state index contributed by atoms with van der Waals surface area (Å²) in [4.78, 5) is 22.7. The van der Waals surface area contributed by atoms with Gasteiger partial charge in [-0.25, -0.2) is 4.79 Å². The average molecular weight is 280 g/mol. The monoisotopic (exact) mass is 280 g/mol. The third-order valence-electron chi connectivity index (χ3n) is 3.81. The molecule has 1 aromatic rings. The van der Waals surface area contributed by atoms with Crippen molar-refractivity contribution in [3.8, 4) is 0 Å². The quantitative estimate of drug-likeness (QED) is 0.707. The molecular weight excluding hydrogens is 260 g/mol. The lowest BCUT2D eigenvalue weighted by molar-refractivity contribution is -0.153. The van der Waals surface area contributed by atoms with Crippen molar-refractivity contribution in [2.45, 2.75) is 25.7 Å². The Hall–Kier alpha value is -2.05. The summed E-state index contributed by atoms with van der Waals surface area (Å²) in [6, 6.07) is -0.318. The molecule has 0 aliphatic heterocycles. The van der Waals surface area contributed by atoms with E-state index in [4.69, 9.17) is 5.11 Å². The van der Waals surface area contributed by atoms with Gasteiger partial charge in [0.1, 0.15) is 0 Å². The number of hydrogen-bond donors (Lipinski definition) is 3. The number of carbonyl (C=O) groups is 2. The van der Waals surface area contributed by atoms with Gasteiger partial charge in [-0.05, 0) is 24.8 Å². The van der Waals surface area contributed by atoms with Crippen molar-refractivity contribution in [1.82, 2.24) is 20.4 Å². The van der Waals surface area contributed by atoms with Crippen LogP contribution in [0.5, 0.6) is 0 Å². The van der Waals surface area contributed by atoms with Crippen LogP contribution in [0.2, 0.25) is 0 Å². The highest BCUT2D eigenvalue weighted by atomic mass is 16.4. The standard InChI is InChI=1S/C13H20N4O3/c1-17-8-10(7-16-17)3-6-14-12(20)15-9-13(11(18)19)4-2-5-13/h7-8H,2-6,9H2,1H3,(H,18,19)(H2,14,15,20). The molecule has 3 N–H and O–H groups in total. The Kier molecular flexibility index (Phi) is 4.26. The second-order valence-electron chi connectivity index (χ2n) is 5.32. The third-order valence-corrected chi connectivity index (χ3v) is 3.81. The highest BCUT2D eigenvalue weighted by Gasteiger charge is 2.44. The van der Waals surface area contributed by atoms with Crippen molar-refractivity contribution in [1.29, 1.82) is 0 Å². The highest BCUT2D eigenvalue weighted by molar-refractivity contribution is 5.78. The van der Waals surface area contributed by atoms with Gasteiger partial charge in [0.2, 0.25) is 0 Å². The van der Waals surface area contributed by atoms with Crippen LogP contribution >= 0.6 is 0 Å². The molecule has 0 atom stereocenters. The molecule has 110 valence electrons. The second-order valence-corrected chi connectivity index (χ2v) is 5.32. The first-order valence-electron chi connectivity index (χ1n) is 6.74. The van der Waals surface area contributed by atoms with Gasteiger partial charge in [0.25, 0.3) is 0 Å². The van der Waals surface area contributed by atoms with Gasteiger partial charge in [-0.15, -0.1) is 0 Å². The summed E-state index contributed by atoms with van der Waals surface area (Å²) >= 11 is 0. The molecule has 0 aromatic carbocycles. The summed E-state index contributed by atoms with van der Waals surface area (Å²) in [6.07, 6.45) is 6.54. The summed E-state index contributed by atoms with van der Waals surface area (Å²) in [6.45, 7) is 0.693. The van der Waals surface area contributed by atoms with Gasteiger partial charge in [-0.1, -0.05) is 6.42 Å². The van der Waals surface area contributed by atoms with Crippen LogP contribution in [0.3, 0.4) is 0 Å². The van der Waals surface area contributed by atoms with Crippen molar-refractivity contribution in [2.75, 3.05) is 13.1 Å². The number of nitrogens with zero attached hydrogens (tertiary/aromatic N) is 2. The first-order valence-corrected chi connectivity index (χ1v) is 6.74. The molecule has 1 aliphatic rings. The van der Waals surface area contributed by atoms with Crippen LogP contribution in [0.4, 0.5) is 4.79 Å². The molecule has 0 radical (unpaired) electrons. The van der Waals surface area contributed by atoms with E-state index in [9.17, 15) is 9.59 Å². The average Bonchev–Trinajstić information content (AvgIpc) is 2.73. The van der Waals surface area contributed by atoms with E-state index in [1.165, 1.54) is 0 Å². The maximum atomic E-state index is 11.6. The van der Waals surface area contributed by atoms with Crippen LogP contribution in [0.25, 0.3) is 0 Å². The predicted molar refractivity (Wildman–Crippen MR) is 72.2 cm³/mol. The van der Waals surface area contributed by atoms with Gasteiger partial charge in [0.05, 0.1) is 11.6 Å². The van der Waals surface area contributed by atoms with Gasteiger partial charge in [-0.2, -0.15) is 5.10 Å². The van der Waals surface area contributed by atoms with E-state index in [1.807, 2.05) is 13.2 Å². The molecule has 1 saturated carbocycles. The maximum absolute atomic E-state index is 11.6. The molecular formula is C13H20N4O3. The summed E-state index contributed by atoms with van der Waals surface area (Å²) in [5.74, 6) is -0.820. The number of nitrogens with one attached hydrogen (secondary N) is 2. The number of carbonyl (C=O) groups excluding carboxylic acids is 1. The Bertz CT molecular complexity index is 494. The van der Waals surface area contributed by atoms with Crippen LogP contribution in [-0.2, 0) is 18.3 Å². The van der Waals surface area contributed by atoms with Crippen molar-refractivity contribution >= 4 is 12.0 Å². The number of aliphatic carboxylic acids is 1. The molecule has 0 bridgehead atoms. The number of aryl methyl sites for hydroxylation is 1. The minimum Gasteiger partial charge on any atom is -0.481 e. The van der Waals surface area contributed by atoms with E-state index in [1.54, 1.807) is 10.9 Å². The summed E-state index contributed by atoms with van der Waals surface area (Å²) in [5, 5.41) is 18.6. The molecule has 7 nitrogen and oxygen atoms in total. The zero-order valence-electron chi connectivity index (χ0n) is 11.6.